The molecule has 1 saturated carbocycles. The van der Waals surface area contributed by atoms with E-state index in [9.17, 15) is 18.3 Å². The maximum Gasteiger partial charge on any atom is 0.416 e. The molecular weight excluding hydrogens is 229 g/mol. The molecule has 1 aromatic rings. The van der Waals surface area contributed by atoms with E-state index in [0.717, 1.165) is 37.0 Å². The van der Waals surface area contributed by atoms with Gasteiger partial charge in [0, 0.05) is 0 Å². The van der Waals surface area contributed by atoms with Gasteiger partial charge in [-0.05, 0) is 42.9 Å². The van der Waals surface area contributed by atoms with E-state index < -0.39 is 11.7 Å². The third-order valence-electron chi connectivity index (χ3n) is 3.36. The van der Waals surface area contributed by atoms with Gasteiger partial charge in [-0.25, -0.2) is 0 Å². The Kier molecular flexibility index (Phi) is 3.43. The zero-order chi connectivity index (χ0) is 12.5. The Morgan fingerprint density at radius 2 is 1.71 bits per heavy atom. The Morgan fingerprint density at radius 1 is 1.06 bits per heavy atom. The third kappa shape index (κ3) is 3.00. The SMILES string of the molecule is O[C@H]1CCC[C@@H](c2ccc(C(F)(F)F)cc2)C1. The first-order valence-corrected chi connectivity index (χ1v) is 5.82. The molecule has 0 spiro atoms. The second kappa shape index (κ2) is 4.69. The molecule has 1 nitrogen and oxygen atoms in total. The number of hydrogen-bond donors (Lipinski definition) is 1. The Labute approximate surface area is 98.3 Å². The highest BCUT2D eigenvalue weighted by Crippen LogP contribution is 2.35. The fourth-order valence-electron chi connectivity index (χ4n) is 2.41. The molecule has 2 atom stereocenters. The van der Waals surface area contributed by atoms with Crippen molar-refractivity contribution in [3.63, 3.8) is 0 Å². The van der Waals surface area contributed by atoms with Gasteiger partial charge in [0.1, 0.15) is 0 Å². The Balaban J connectivity index is 2.12. The van der Waals surface area contributed by atoms with Gasteiger partial charge in [0.05, 0.1) is 11.7 Å². The second-order valence-corrected chi connectivity index (χ2v) is 4.64. The molecule has 1 aromatic carbocycles. The molecule has 0 aliphatic heterocycles. The highest BCUT2D eigenvalue weighted by atomic mass is 19.4. The van der Waals surface area contributed by atoms with Gasteiger partial charge in [0.25, 0.3) is 0 Å². The normalized spacial score (nSPS) is 25.9. The predicted octanol–water partition coefficient (Wildman–Crippen LogP) is 3.72. The number of rotatable bonds is 1. The summed E-state index contributed by atoms with van der Waals surface area (Å²) in [5, 5.41) is 9.54. The summed E-state index contributed by atoms with van der Waals surface area (Å²) in [6.07, 6.45) is -1.24. The molecule has 0 bridgehead atoms. The van der Waals surface area contributed by atoms with Crippen LogP contribution in [0.4, 0.5) is 13.2 Å². The summed E-state index contributed by atoms with van der Waals surface area (Å²) in [7, 11) is 0. The van der Waals surface area contributed by atoms with Crippen molar-refractivity contribution < 1.29 is 18.3 Å². The molecule has 0 saturated heterocycles. The second-order valence-electron chi connectivity index (χ2n) is 4.64. The summed E-state index contributed by atoms with van der Waals surface area (Å²) < 4.78 is 37.2. The quantitative estimate of drug-likeness (QED) is 0.798. The van der Waals surface area contributed by atoms with Crippen molar-refractivity contribution in [2.24, 2.45) is 0 Å². The molecular formula is C13H15F3O. The molecule has 1 aliphatic carbocycles. The Hall–Kier alpha value is -1.03. The zero-order valence-electron chi connectivity index (χ0n) is 9.37. The number of aliphatic hydroxyl groups is 1. The van der Waals surface area contributed by atoms with Gasteiger partial charge >= 0.3 is 6.18 Å². The van der Waals surface area contributed by atoms with Gasteiger partial charge in [0.2, 0.25) is 0 Å². The number of hydrogen-bond acceptors (Lipinski definition) is 1. The molecule has 0 unspecified atom stereocenters. The molecule has 17 heavy (non-hydrogen) atoms. The van der Waals surface area contributed by atoms with Gasteiger partial charge < -0.3 is 5.11 Å². The number of benzene rings is 1. The summed E-state index contributed by atoms with van der Waals surface area (Å²) in [5.41, 5.74) is 0.286. The fraction of sp³-hybridized carbons (Fsp3) is 0.538. The first-order valence-electron chi connectivity index (χ1n) is 5.82. The molecule has 0 heterocycles. The standard InChI is InChI=1S/C13H15F3O/c14-13(15,16)11-6-4-9(5-7-11)10-2-1-3-12(17)8-10/h4-7,10,12,17H,1-3,8H2/t10-,12+/m1/s1. The van der Waals surface area contributed by atoms with Gasteiger partial charge in [-0.1, -0.05) is 18.6 Å². The van der Waals surface area contributed by atoms with E-state index in [1.54, 1.807) is 0 Å². The largest absolute Gasteiger partial charge is 0.416 e. The monoisotopic (exact) mass is 244 g/mol. The first-order chi connectivity index (χ1) is 7.97. The summed E-state index contributed by atoms with van der Waals surface area (Å²) in [5.74, 6) is 0.195. The van der Waals surface area contributed by atoms with Crippen molar-refractivity contribution in [2.45, 2.75) is 43.9 Å². The predicted molar refractivity (Wildman–Crippen MR) is 58.7 cm³/mol. The van der Waals surface area contributed by atoms with Crippen LogP contribution < -0.4 is 0 Å². The van der Waals surface area contributed by atoms with Crippen LogP contribution in [0.15, 0.2) is 24.3 Å². The van der Waals surface area contributed by atoms with Crippen LogP contribution in [-0.2, 0) is 6.18 Å². The first kappa shape index (κ1) is 12.4. The fourth-order valence-corrected chi connectivity index (χ4v) is 2.41. The number of alkyl halides is 3. The molecule has 2 rings (SSSR count). The Bertz CT molecular complexity index is 369. The molecule has 1 N–H and O–H groups in total. The molecule has 4 heteroatoms. The summed E-state index contributed by atoms with van der Waals surface area (Å²) in [6, 6.07) is 5.31. The molecule has 94 valence electrons. The van der Waals surface area contributed by atoms with E-state index >= 15 is 0 Å². The van der Waals surface area contributed by atoms with E-state index in [0.29, 0.717) is 6.42 Å². The minimum absolute atomic E-state index is 0.195. The van der Waals surface area contributed by atoms with Gasteiger partial charge in [-0.2, -0.15) is 13.2 Å². The van der Waals surface area contributed by atoms with Gasteiger partial charge in [0.15, 0.2) is 0 Å². The number of halogens is 3. The van der Waals surface area contributed by atoms with Crippen molar-refractivity contribution >= 4 is 0 Å². The minimum atomic E-state index is -4.27. The van der Waals surface area contributed by atoms with Gasteiger partial charge in [-0.15, -0.1) is 0 Å². The zero-order valence-corrected chi connectivity index (χ0v) is 9.37. The average molecular weight is 244 g/mol. The maximum atomic E-state index is 12.4. The van der Waals surface area contributed by atoms with Crippen molar-refractivity contribution in [2.75, 3.05) is 0 Å². The lowest BCUT2D eigenvalue weighted by Gasteiger charge is -2.26. The van der Waals surface area contributed by atoms with Crippen molar-refractivity contribution in [3.8, 4) is 0 Å². The summed E-state index contributed by atoms with van der Waals surface area (Å²) in [6.45, 7) is 0. The highest BCUT2D eigenvalue weighted by Gasteiger charge is 2.30. The highest BCUT2D eigenvalue weighted by molar-refractivity contribution is 5.27. The van der Waals surface area contributed by atoms with Crippen molar-refractivity contribution in [1.82, 2.24) is 0 Å². The number of aliphatic hydroxyl groups excluding tert-OH is 1. The minimum Gasteiger partial charge on any atom is -0.393 e. The average Bonchev–Trinajstić information content (AvgIpc) is 2.28. The molecule has 0 radical (unpaired) electrons. The van der Waals surface area contributed by atoms with Crippen LogP contribution in [0.5, 0.6) is 0 Å². The lowest BCUT2D eigenvalue weighted by atomic mass is 9.82. The molecule has 1 aliphatic rings. The van der Waals surface area contributed by atoms with Crippen LogP contribution in [0.2, 0.25) is 0 Å². The topological polar surface area (TPSA) is 20.2 Å². The van der Waals surface area contributed by atoms with Crippen LogP contribution in [0.1, 0.15) is 42.7 Å². The third-order valence-corrected chi connectivity index (χ3v) is 3.36. The van der Waals surface area contributed by atoms with Gasteiger partial charge in [-0.3, -0.25) is 0 Å². The smallest absolute Gasteiger partial charge is 0.393 e. The van der Waals surface area contributed by atoms with Crippen LogP contribution in [0, 0.1) is 0 Å². The maximum absolute atomic E-state index is 12.4. The Morgan fingerprint density at radius 3 is 2.24 bits per heavy atom. The van der Waals surface area contributed by atoms with E-state index in [2.05, 4.69) is 0 Å². The lowest BCUT2D eigenvalue weighted by Crippen LogP contribution is -2.18. The van der Waals surface area contributed by atoms with Crippen molar-refractivity contribution in [1.29, 1.82) is 0 Å². The summed E-state index contributed by atoms with van der Waals surface area (Å²) in [4.78, 5) is 0. The van der Waals surface area contributed by atoms with E-state index in [1.807, 2.05) is 0 Å². The summed E-state index contributed by atoms with van der Waals surface area (Å²) >= 11 is 0. The van der Waals surface area contributed by atoms with Crippen LogP contribution in [0.25, 0.3) is 0 Å². The molecule has 0 amide bonds. The molecule has 0 aromatic heterocycles. The van der Waals surface area contributed by atoms with Crippen LogP contribution in [-0.4, -0.2) is 11.2 Å². The van der Waals surface area contributed by atoms with Crippen LogP contribution in [0.3, 0.4) is 0 Å². The van der Waals surface area contributed by atoms with E-state index in [1.165, 1.54) is 12.1 Å². The van der Waals surface area contributed by atoms with E-state index in [-0.39, 0.29) is 12.0 Å². The van der Waals surface area contributed by atoms with Crippen LogP contribution >= 0.6 is 0 Å². The lowest BCUT2D eigenvalue weighted by molar-refractivity contribution is -0.137. The van der Waals surface area contributed by atoms with Crippen molar-refractivity contribution in [3.05, 3.63) is 35.4 Å². The molecule has 1 fully saturated rings. The van der Waals surface area contributed by atoms with E-state index in [4.69, 9.17) is 0 Å².